The molecule has 1 aliphatic carbocycles. The van der Waals surface area contributed by atoms with E-state index >= 15 is 0 Å². The van der Waals surface area contributed by atoms with E-state index in [9.17, 15) is 22.4 Å². The highest BCUT2D eigenvalue weighted by Gasteiger charge is 2.49. The van der Waals surface area contributed by atoms with E-state index in [1.807, 2.05) is 6.07 Å². The van der Waals surface area contributed by atoms with Gasteiger partial charge in [-0.3, -0.25) is 9.69 Å². The Hall–Kier alpha value is -3.71. The fourth-order valence-electron chi connectivity index (χ4n) is 5.23. The van der Waals surface area contributed by atoms with Gasteiger partial charge < -0.3 is 9.64 Å². The molecular formula is C31H31F4N3O2S. The summed E-state index contributed by atoms with van der Waals surface area (Å²) in [6.45, 7) is 7.91. The normalized spacial score (nSPS) is 18.8. The molecule has 1 amide bonds. The zero-order valence-corrected chi connectivity index (χ0v) is 24.1. The summed E-state index contributed by atoms with van der Waals surface area (Å²) in [5, 5.41) is 9.13. The Morgan fingerprint density at radius 3 is 2.51 bits per heavy atom. The van der Waals surface area contributed by atoms with Gasteiger partial charge in [-0.15, -0.1) is 0 Å². The highest BCUT2D eigenvalue weighted by molar-refractivity contribution is 7.80. The summed E-state index contributed by atoms with van der Waals surface area (Å²) in [7, 11) is 0. The van der Waals surface area contributed by atoms with Crippen molar-refractivity contribution in [1.29, 1.82) is 5.26 Å². The highest BCUT2D eigenvalue weighted by atomic mass is 32.1. The van der Waals surface area contributed by atoms with Gasteiger partial charge in [-0.1, -0.05) is 37.6 Å². The third-order valence-corrected chi connectivity index (χ3v) is 8.01. The summed E-state index contributed by atoms with van der Waals surface area (Å²) < 4.78 is 61.1. The molecule has 0 radical (unpaired) electrons. The van der Waals surface area contributed by atoms with Gasteiger partial charge in [0.2, 0.25) is 0 Å². The number of rotatable bonds is 8. The second kappa shape index (κ2) is 11.6. The van der Waals surface area contributed by atoms with Crippen LogP contribution in [0, 0.1) is 23.1 Å². The van der Waals surface area contributed by atoms with Crippen LogP contribution in [-0.4, -0.2) is 34.6 Å². The number of benzene rings is 2. The monoisotopic (exact) mass is 585 g/mol. The van der Waals surface area contributed by atoms with E-state index in [-0.39, 0.29) is 29.7 Å². The Balaban J connectivity index is 1.42. The first-order valence-corrected chi connectivity index (χ1v) is 13.8. The molecule has 5 nitrogen and oxygen atoms in total. The average Bonchev–Trinajstić information content (AvgIpc) is 3.09. The molecule has 0 N–H and O–H groups in total. The van der Waals surface area contributed by atoms with Gasteiger partial charge in [-0.2, -0.15) is 18.4 Å². The number of anilines is 1. The maximum absolute atomic E-state index is 14.9. The smallest absolute Gasteiger partial charge is 0.417 e. The second-order valence-electron chi connectivity index (χ2n) is 10.7. The van der Waals surface area contributed by atoms with Gasteiger partial charge >= 0.3 is 6.18 Å². The van der Waals surface area contributed by atoms with Crippen molar-refractivity contribution in [2.24, 2.45) is 5.92 Å². The van der Waals surface area contributed by atoms with E-state index < -0.39 is 34.6 Å². The summed E-state index contributed by atoms with van der Waals surface area (Å²) in [5.74, 6) is -0.559. The molecule has 0 spiro atoms. The van der Waals surface area contributed by atoms with Gasteiger partial charge in [-0.05, 0) is 92.7 Å². The standard InChI is InChI=1S/C31H31F4N3O2S/c1-5-20-7-11-24(19(2)15-20)21-9-12-27(26(32)16-21)40-14-6-13-37-29(41)38(28(39)30(37,3)4)23-10-8-22(18-36)25(17-23)31(33,34)35/h7-12,16-17,19H,5-6,13-15H2,1-4H3. The van der Waals surface area contributed by atoms with E-state index in [4.69, 9.17) is 22.2 Å². The number of alkyl halides is 3. The van der Waals surface area contributed by atoms with Crippen molar-refractivity contribution >= 4 is 34.5 Å². The van der Waals surface area contributed by atoms with Crippen molar-refractivity contribution < 1.29 is 27.1 Å². The summed E-state index contributed by atoms with van der Waals surface area (Å²) >= 11 is 5.51. The number of hydrogen-bond donors (Lipinski definition) is 0. The Kier molecular flexibility index (Phi) is 8.59. The fourth-order valence-corrected chi connectivity index (χ4v) is 5.74. The number of halogens is 4. The van der Waals surface area contributed by atoms with Crippen LogP contribution >= 0.6 is 12.2 Å². The fraction of sp³-hybridized carbons (Fsp3) is 0.387. The number of nitrogens with zero attached hydrogens (tertiary/aromatic N) is 3. The van der Waals surface area contributed by atoms with Gasteiger partial charge in [0.05, 0.1) is 29.5 Å². The highest BCUT2D eigenvalue weighted by Crippen LogP contribution is 2.38. The predicted molar refractivity (Wildman–Crippen MR) is 154 cm³/mol. The Labute approximate surface area is 242 Å². The van der Waals surface area contributed by atoms with Crippen molar-refractivity contribution in [3.05, 3.63) is 76.6 Å². The van der Waals surface area contributed by atoms with Crippen LogP contribution in [0.4, 0.5) is 23.2 Å². The average molecular weight is 586 g/mol. The van der Waals surface area contributed by atoms with Crippen LogP contribution in [0.25, 0.3) is 5.57 Å². The number of hydrogen-bond acceptors (Lipinski definition) is 4. The minimum Gasteiger partial charge on any atom is -0.490 e. The zero-order valence-electron chi connectivity index (χ0n) is 23.3. The van der Waals surface area contributed by atoms with Crippen LogP contribution in [0.2, 0.25) is 0 Å². The van der Waals surface area contributed by atoms with Gasteiger partial charge in [0.25, 0.3) is 5.91 Å². The molecule has 41 heavy (non-hydrogen) atoms. The van der Waals surface area contributed by atoms with E-state index in [1.54, 1.807) is 24.8 Å². The SMILES string of the molecule is CCC1=CC=C(c2ccc(OCCCN3C(=S)N(c4ccc(C#N)c(C(F)(F)F)c4)C(=O)C3(C)C)c(F)c2)C(C)C1. The first-order chi connectivity index (χ1) is 19.3. The van der Waals surface area contributed by atoms with Crippen LogP contribution in [0.15, 0.2) is 54.1 Å². The van der Waals surface area contributed by atoms with Crippen LogP contribution < -0.4 is 9.64 Å². The summed E-state index contributed by atoms with van der Waals surface area (Å²) in [6, 6.07) is 9.53. The maximum atomic E-state index is 14.9. The molecular weight excluding hydrogens is 554 g/mol. The van der Waals surface area contributed by atoms with E-state index in [0.29, 0.717) is 12.3 Å². The first-order valence-electron chi connectivity index (χ1n) is 13.4. The van der Waals surface area contributed by atoms with Crippen molar-refractivity contribution in [3.8, 4) is 11.8 Å². The zero-order chi connectivity index (χ0) is 30.1. The lowest BCUT2D eigenvalue weighted by Crippen LogP contribution is -2.44. The molecule has 1 heterocycles. The van der Waals surface area contributed by atoms with Crippen molar-refractivity contribution in [1.82, 2.24) is 4.90 Å². The van der Waals surface area contributed by atoms with Crippen LogP contribution in [0.5, 0.6) is 5.75 Å². The second-order valence-corrected chi connectivity index (χ2v) is 11.1. The molecule has 1 unspecified atom stereocenters. The third kappa shape index (κ3) is 6.01. The van der Waals surface area contributed by atoms with Crippen molar-refractivity contribution in [3.63, 3.8) is 0 Å². The molecule has 1 saturated heterocycles. The number of nitriles is 1. The van der Waals surface area contributed by atoms with Gasteiger partial charge in [-0.25, -0.2) is 4.39 Å². The van der Waals surface area contributed by atoms with Gasteiger partial charge in [0.15, 0.2) is 16.7 Å². The Morgan fingerprint density at radius 1 is 1.17 bits per heavy atom. The largest absolute Gasteiger partial charge is 0.490 e. The van der Waals surface area contributed by atoms with Crippen LogP contribution in [0.1, 0.15) is 63.6 Å². The predicted octanol–water partition coefficient (Wildman–Crippen LogP) is 7.66. The Bertz CT molecular complexity index is 1470. The van der Waals surface area contributed by atoms with Crippen molar-refractivity contribution in [2.45, 2.75) is 58.7 Å². The van der Waals surface area contributed by atoms with E-state index in [2.05, 4.69) is 26.0 Å². The lowest BCUT2D eigenvalue weighted by atomic mass is 9.84. The molecule has 1 fully saturated rings. The van der Waals surface area contributed by atoms with Crippen molar-refractivity contribution in [2.75, 3.05) is 18.1 Å². The number of amides is 1. The van der Waals surface area contributed by atoms with Crippen LogP contribution in [0.3, 0.4) is 0 Å². The molecule has 1 atom stereocenters. The van der Waals surface area contributed by atoms with E-state index in [1.165, 1.54) is 23.8 Å². The molecule has 10 heteroatoms. The topological polar surface area (TPSA) is 56.6 Å². The molecule has 216 valence electrons. The molecule has 2 aliphatic rings. The quantitative estimate of drug-likeness (QED) is 0.181. The number of ether oxygens (including phenoxy) is 1. The summed E-state index contributed by atoms with van der Waals surface area (Å²) in [4.78, 5) is 15.9. The maximum Gasteiger partial charge on any atom is 0.417 e. The lowest BCUT2D eigenvalue weighted by Gasteiger charge is -2.29. The van der Waals surface area contributed by atoms with Crippen LogP contribution in [-0.2, 0) is 11.0 Å². The lowest BCUT2D eigenvalue weighted by molar-refractivity contribution is -0.137. The minimum atomic E-state index is -4.77. The molecule has 1 aliphatic heterocycles. The molecule has 2 aromatic carbocycles. The molecule has 0 aromatic heterocycles. The summed E-state index contributed by atoms with van der Waals surface area (Å²) in [5.41, 5.74) is 0.387. The molecule has 4 rings (SSSR count). The Morgan fingerprint density at radius 2 is 1.90 bits per heavy atom. The number of allylic oxidation sites excluding steroid dienone is 4. The molecule has 2 aromatic rings. The number of carbonyl (C=O) groups is 1. The van der Waals surface area contributed by atoms with Gasteiger partial charge in [0, 0.05) is 6.54 Å². The molecule has 0 saturated carbocycles. The third-order valence-electron chi connectivity index (χ3n) is 7.61. The van der Waals surface area contributed by atoms with Gasteiger partial charge in [0.1, 0.15) is 5.54 Å². The minimum absolute atomic E-state index is 0.0449. The first kappa shape index (κ1) is 30.3. The number of carbonyl (C=O) groups excluding carboxylic acids is 1. The summed E-state index contributed by atoms with van der Waals surface area (Å²) in [6.07, 6.45) is 1.70. The molecule has 0 bridgehead atoms. The van der Waals surface area contributed by atoms with E-state index in [0.717, 1.165) is 41.0 Å². The number of thiocarbonyl (C=S) groups is 1.